The summed E-state index contributed by atoms with van der Waals surface area (Å²) in [5, 5.41) is 8.22. The second-order valence-electron chi connectivity index (χ2n) is 6.78. The molecule has 0 spiro atoms. The molecule has 1 fully saturated rings. The maximum atomic E-state index is 12.6. The summed E-state index contributed by atoms with van der Waals surface area (Å²) < 4.78 is 32.6. The Morgan fingerprint density at radius 1 is 0.857 bits per heavy atom. The van der Waals surface area contributed by atoms with E-state index in [1.165, 1.54) is 0 Å². The molecule has 0 bridgehead atoms. The van der Waals surface area contributed by atoms with E-state index in [9.17, 15) is 8.42 Å². The highest BCUT2D eigenvalue weighted by atomic mass is 32.2. The van der Waals surface area contributed by atoms with Crippen LogP contribution < -0.4 is 0 Å². The van der Waals surface area contributed by atoms with Gasteiger partial charge in [0.05, 0.1) is 12.3 Å². The Labute approximate surface area is 164 Å². The summed E-state index contributed by atoms with van der Waals surface area (Å²) in [4.78, 5) is 2.14. The summed E-state index contributed by atoms with van der Waals surface area (Å²) in [7, 11) is -3.31. The minimum Gasteiger partial charge on any atom is -0.419 e. The number of hydrogen-bond acceptors (Lipinski definition) is 6. The molecule has 0 atom stereocenters. The second-order valence-corrected chi connectivity index (χ2v) is 8.75. The van der Waals surface area contributed by atoms with Gasteiger partial charge in [-0.3, -0.25) is 4.90 Å². The topological polar surface area (TPSA) is 79.5 Å². The Hall–Kier alpha value is -2.55. The van der Waals surface area contributed by atoms with Crippen LogP contribution in [0.25, 0.3) is 11.5 Å². The van der Waals surface area contributed by atoms with Gasteiger partial charge in [-0.2, -0.15) is 4.31 Å². The van der Waals surface area contributed by atoms with Crippen molar-refractivity contribution >= 4 is 10.0 Å². The largest absolute Gasteiger partial charge is 0.419 e. The molecule has 28 heavy (non-hydrogen) atoms. The van der Waals surface area contributed by atoms with E-state index in [4.69, 9.17) is 4.42 Å². The highest BCUT2D eigenvalue weighted by molar-refractivity contribution is 7.88. The lowest BCUT2D eigenvalue weighted by atomic mass is 10.2. The molecule has 4 rings (SSSR count). The molecule has 1 saturated heterocycles. The molecule has 2 heterocycles. The second kappa shape index (κ2) is 8.22. The lowest BCUT2D eigenvalue weighted by molar-refractivity contribution is 0.168. The molecule has 2 aromatic carbocycles. The fraction of sp³-hybridized carbons (Fsp3) is 0.300. The van der Waals surface area contributed by atoms with E-state index >= 15 is 0 Å². The van der Waals surface area contributed by atoms with E-state index in [-0.39, 0.29) is 5.75 Å². The number of rotatable bonds is 6. The van der Waals surface area contributed by atoms with Crippen molar-refractivity contribution in [1.29, 1.82) is 0 Å². The van der Waals surface area contributed by atoms with E-state index in [2.05, 4.69) is 15.1 Å². The van der Waals surface area contributed by atoms with E-state index in [1.807, 2.05) is 60.7 Å². The molecule has 0 saturated carbocycles. The predicted molar refractivity (Wildman–Crippen MR) is 106 cm³/mol. The highest BCUT2D eigenvalue weighted by Crippen LogP contribution is 2.19. The van der Waals surface area contributed by atoms with Gasteiger partial charge in [-0.1, -0.05) is 48.5 Å². The maximum absolute atomic E-state index is 12.6. The van der Waals surface area contributed by atoms with Gasteiger partial charge in [0, 0.05) is 31.7 Å². The van der Waals surface area contributed by atoms with Gasteiger partial charge in [0.25, 0.3) is 0 Å². The van der Waals surface area contributed by atoms with Crippen LogP contribution in [-0.2, 0) is 22.3 Å². The summed E-state index contributed by atoms with van der Waals surface area (Å²) >= 11 is 0. The van der Waals surface area contributed by atoms with E-state index < -0.39 is 10.0 Å². The van der Waals surface area contributed by atoms with Crippen LogP contribution in [0.2, 0.25) is 0 Å². The zero-order valence-corrected chi connectivity index (χ0v) is 16.3. The quantitative estimate of drug-likeness (QED) is 0.634. The molecule has 0 amide bonds. The molecule has 1 aliphatic rings. The molecule has 146 valence electrons. The van der Waals surface area contributed by atoms with Crippen LogP contribution in [0.1, 0.15) is 11.5 Å². The molecule has 3 aromatic rings. The van der Waals surface area contributed by atoms with Gasteiger partial charge in [-0.15, -0.1) is 10.2 Å². The number of benzene rings is 2. The smallest absolute Gasteiger partial charge is 0.247 e. The first kappa shape index (κ1) is 18.8. The Kier molecular flexibility index (Phi) is 5.52. The molecule has 0 aliphatic carbocycles. The summed E-state index contributed by atoms with van der Waals surface area (Å²) in [6.45, 7) is 2.73. The average molecular weight is 398 g/mol. The van der Waals surface area contributed by atoms with Crippen molar-refractivity contribution in [3.05, 3.63) is 72.1 Å². The SMILES string of the molecule is O=S(=O)(Cc1ccccc1)N1CCN(Cc2nnc(-c3ccccc3)o2)CC1. The molecular weight excluding hydrogens is 376 g/mol. The summed E-state index contributed by atoms with van der Waals surface area (Å²) in [5.41, 5.74) is 1.70. The normalized spacial score (nSPS) is 16.3. The summed E-state index contributed by atoms with van der Waals surface area (Å²) in [6, 6.07) is 18.9. The molecule has 7 nitrogen and oxygen atoms in total. The van der Waals surface area contributed by atoms with Gasteiger partial charge in [0.1, 0.15) is 0 Å². The first-order chi connectivity index (χ1) is 13.6. The maximum Gasteiger partial charge on any atom is 0.247 e. The molecule has 1 aromatic heterocycles. The van der Waals surface area contributed by atoms with Crippen molar-refractivity contribution in [1.82, 2.24) is 19.4 Å². The molecule has 8 heteroatoms. The van der Waals surface area contributed by atoms with Crippen LogP contribution in [0.15, 0.2) is 65.1 Å². The van der Waals surface area contributed by atoms with Gasteiger partial charge in [-0.05, 0) is 17.7 Å². The molecule has 1 aliphatic heterocycles. The zero-order chi connectivity index (χ0) is 19.4. The highest BCUT2D eigenvalue weighted by Gasteiger charge is 2.27. The number of nitrogens with zero attached hydrogens (tertiary/aromatic N) is 4. The van der Waals surface area contributed by atoms with Crippen LogP contribution in [0.3, 0.4) is 0 Å². The van der Waals surface area contributed by atoms with E-state index in [0.717, 1.165) is 11.1 Å². The van der Waals surface area contributed by atoms with Gasteiger partial charge in [0.2, 0.25) is 21.8 Å². The fourth-order valence-corrected chi connectivity index (χ4v) is 4.76. The third kappa shape index (κ3) is 4.46. The number of sulfonamides is 1. The third-order valence-corrected chi connectivity index (χ3v) is 6.61. The van der Waals surface area contributed by atoms with Crippen LogP contribution in [0, 0.1) is 0 Å². The summed E-state index contributed by atoms with van der Waals surface area (Å²) in [6.07, 6.45) is 0. The standard InChI is InChI=1S/C20H22N4O3S/c25-28(26,16-17-7-3-1-4-8-17)24-13-11-23(12-14-24)15-19-21-22-20(27-19)18-9-5-2-6-10-18/h1-10H,11-16H2. The van der Waals surface area contributed by atoms with Crippen LogP contribution >= 0.6 is 0 Å². The minimum absolute atomic E-state index is 0.0396. The molecule has 0 N–H and O–H groups in total. The monoisotopic (exact) mass is 398 g/mol. The van der Waals surface area contributed by atoms with Crippen molar-refractivity contribution in [2.24, 2.45) is 0 Å². The van der Waals surface area contributed by atoms with Crippen molar-refractivity contribution in [3.8, 4) is 11.5 Å². The zero-order valence-electron chi connectivity index (χ0n) is 15.4. The van der Waals surface area contributed by atoms with Crippen LogP contribution in [0.5, 0.6) is 0 Å². The first-order valence-electron chi connectivity index (χ1n) is 9.22. The Bertz CT molecular complexity index is 998. The van der Waals surface area contributed by atoms with Crippen molar-refractivity contribution in [2.45, 2.75) is 12.3 Å². The molecule has 0 radical (unpaired) electrons. The number of hydrogen-bond donors (Lipinski definition) is 0. The third-order valence-electron chi connectivity index (χ3n) is 4.76. The lowest BCUT2D eigenvalue weighted by Gasteiger charge is -2.33. The van der Waals surface area contributed by atoms with Gasteiger partial charge in [0.15, 0.2) is 0 Å². The summed E-state index contributed by atoms with van der Waals surface area (Å²) in [5.74, 6) is 1.08. The minimum atomic E-state index is -3.31. The van der Waals surface area contributed by atoms with Crippen molar-refractivity contribution in [3.63, 3.8) is 0 Å². The average Bonchev–Trinajstić information content (AvgIpc) is 3.18. The van der Waals surface area contributed by atoms with Crippen LogP contribution in [-0.4, -0.2) is 54.0 Å². The Morgan fingerprint density at radius 3 is 2.18 bits per heavy atom. The predicted octanol–water partition coefficient (Wildman–Crippen LogP) is 2.38. The Balaban J connectivity index is 1.33. The van der Waals surface area contributed by atoms with Gasteiger partial charge < -0.3 is 4.42 Å². The Morgan fingerprint density at radius 2 is 1.50 bits per heavy atom. The molecular formula is C20H22N4O3S. The number of piperazine rings is 1. The van der Waals surface area contributed by atoms with Crippen LogP contribution in [0.4, 0.5) is 0 Å². The van der Waals surface area contributed by atoms with Gasteiger partial charge >= 0.3 is 0 Å². The lowest BCUT2D eigenvalue weighted by Crippen LogP contribution is -2.48. The van der Waals surface area contributed by atoms with E-state index in [1.54, 1.807) is 4.31 Å². The van der Waals surface area contributed by atoms with E-state index in [0.29, 0.717) is 44.5 Å². The fourth-order valence-electron chi connectivity index (χ4n) is 3.25. The number of aromatic nitrogens is 2. The van der Waals surface area contributed by atoms with Crippen molar-refractivity contribution < 1.29 is 12.8 Å². The first-order valence-corrected chi connectivity index (χ1v) is 10.8. The molecule has 0 unspecified atom stereocenters. The van der Waals surface area contributed by atoms with Crippen molar-refractivity contribution in [2.75, 3.05) is 26.2 Å². The van der Waals surface area contributed by atoms with Gasteiger partial charge in [-0.25, -0.2) is 8.42 Å².